The first-order chi connectivity index (χ1) is 10.7. The molecule has 0 amide bonds. The lowest BCUT2D eigenvalue weighted by atomic mass is 10.1. The number of H-pyrrole nitrogens is 1. The summed E-state index contributed by atoms with van der Waals surface area (Å²) in [6.45, 7) is 0. The molecule has 0 fully saturated rings. The van der Waals surface area contributed by atoms with Crippen molar-refractivity contribution in [1.29, 1.82) is 0 Å². The van der Waals surface area contributed by atoms with E-state index in [1.165, 1.54) is 6.07 Å². The standard InChI is InChI=1S/C16H14N4O2/c1-22-14-6-5-10(17)8-11(14)13-9-15(21)20-16(19-13)12-4-2-3-7-18-12/h2-9H,17H2,1H3,(H,19,20,21). The first kappa shape index (κ1) is 13.8. The zero-order valence-electron chi connectivity index (χ0n) is 11.9. The van der Waals surface area contributed by atoms with E-state index in [-0.39, 0.29) is 5.56 Å². The van der Waals surface area contributed by atoms with E-state index in [0.29, 0.717) is 34.2 Å². The molecule has 0 saturated carbocycles. The van der Waals surface area contributed by atoms with Gasteiger partial charge in [0, 0.05) is 23.5 Å². The van der Waals surface area contributed by atoms with Crippen molar-refractivity contribution in [2.75, 3.05) is 12.8 Å². The van der Waals surface area contributed by atoms with Crippen LogP contribution >= 0.6 is 0 Å². The zero-order chi connectivity index (χ0) is 15.5. The summed E-state index contributed by atoms with van der Waals surface area (Å²) in [6.07, 6.45) is 1.64. The highest BCUT2D eigenvalue weighted by Crippen LogP contribution is 2.30. The van der Waals surface area contributed by atoms with E-state index in [0.717, 1.165) is 0 Å². The van der Waals surface area contributed by atoms with Gasteiger partial charge in [0.2, 0.25) is 0 Å². The van der Waals surface area contributed by atoms with Crippen molar-refractivity contribution in [3.05, 3.63) is 59.0 Å². The van der Waals surface area contributed by atoms with E-state index < -0.39 is 0 Å². The Morgan fingerprint density at radius 1 is 1.14 bits per heavy atom. The number of aromatic nitrogens is 3. The molecule has 2 heterocycles. The summed E-state index contributed by atoms with van der Waals surface area (Å²) in [6, 6.07) is 12.0. The molecule has 0 unspecified atom stereocenters. The van der Waals surface area contributed by atoms with Gasteiger partial charge in [-0.3, -0.25) is 9.78 Å². The monoisotopic (exact) mass is 294 g/mol. The lowest BCUT2D eigenvalue weighted by Gasteiger charge is -2.09. The van der Waals surface area contributed by atoms with Crippen LogP contribution in [0.4, 0.5) is 5.69 Å². The van der Waals surface area contributed by atoms with Crippen molar-refractivity contribution >= 4 is 5.69 Å². The van der Waals surface area contributed by atoms with Crippen LogP contribution in [0.2, 0.25) is 0 Å². The van der Waals surface area contributed by atoms with Gasteiger partial charge in [0.25, 0.3) is 5.56 Å². The molecule has 0 radical (unpaired) electrons. The minimum absolute atomic E-state index is 0.268. The van der Waals surface area contributed by atoms with Gasteiger partial charge in [-0.1, -0.05) is 6.07 Å². The van der Waals surface area contributed by atoms with Crippen molar-refractivity contribution in [3.63, 3.8) is 0 Å². The molecule has 0 saturated heterocycles. The Hall–Kier alpha value is -3.15. The lowest BCUT2D eigenvalue weighted by Crippen LogP contribution is -2.09. The van der Waals surface area contributed by atoms with Gasteiger partial charge in [-0.15, -0.1) is 0 Å². The van der Waals surface area contributed by atoms with Gasteiger partial charge in [0.05, 0.1) is 12.8 Å². The quantitative estimate of drug-likeness (QED) is 0.721. The van der Waals surface area contributed by atoms with Gasteiger partial charge in [0.15, 0.2) is 5.82 Å². The molecule has 0 bridgehead atoms. The molecular formula is C16H14N4O2. The molecule has 3 aromatic rings. The third kappa shape index (κ3) is 2.67. The summed E-state index contributed by atoms with van der Waals surface area (Å²) in [7, 11) is 1.56. The fourth-order valence-corrected chi connectivity index (χ4v) is 2.15. The number of nitrogen functional groups attached to an aromatic ring is 1. The number of pyridine rings is 1. The minimum Gasteiger partial charge on any atom is -0.496 e. The summed E-state index contributed by atoms with van der Waals surface area (Å²) in [5.41, 5.74) is 7.85. The summed E-state index contributed by atoms with van der Waals surface area (Å²) < 4.78 is 5.32. The Morgan fingerprint density at radius 2 is 2.00 bits per heavy atom. The second kappa shape index (κ2) is 5.69. The number of nitrogens with two attached hydrogens (primary N) is 1. The third-order valence-corrected chi connectivity index (χ3v) is 3.15. The van der Waals surface area contributed by atoms with Crippen LogP contribution in [0.25, 0.3) is 22.8 Å². The molecule has 6 heteroatoms. The number of ether oxygens (including phenoxy) is 1. The topological polar surface area (TPSA) is 93.9 Å². The molecule has 110 valence electrons. The minimum atomic E-state index is -0.268. The molecule has 22 heavy (non-hydrogen) atoms. The van der Waals surface area contributed by atoms with E-state index in [1.807, 2.05) is 6.07 Å². The van der Waals surface area contributed by atoms with Crippen LogP contribution in [0.5, 0.6) is 5.75 Å². The van der Waals surface area contributed by atoms with E-state index in [9.17, 15) is 4.79 Å². The van der Waals surface area contributed by atoms with Crippen LogP contribution in [0.3, 0.4) is 0 Å². The van der Waals surface area contributed by atoms with E-state index in [2.05, 4.69) is 15.0 Å². The van der Waals surface area contributed by atoms with Gasteiger partial charge in [-0.05, 0) is 30.3 Å². The number of benzene rings is 1. The van der Waals surface area contributed by atoms with E-state index >= 15 is 0 Å². The lowest BCUT2D eigenvalue weighted by molar-refractivity contribution is 0.416. The number of hydrogen-bond acceptors (Lipinski definition) is 5. The number of nitrogens with zero attached hydrogens (tertiary/aromatic N) is 2. The second-order valence-electron chi connectivity index (χ2n) is 4.65. The summed E-state index contributed by atoms with van der Waals surface area (Å²) in [5.74, 6) is 0.992. The average molecular weight is 294 g/mol. The van der Waals surface area contributed by atoms with Gasteiger partial charge < -0.3 is 15.5 Å². The maximum Gasteiger partial charge on any atom is 0.251 e. The fraction of sp³-hybridized carbons (Fsp3) is 0.0625. The van der Waals surface area contributed by atoms with Gasteiger partial charge in [0.1, 0.15) is 11.4 Å². The molecule has 3 N–H and O–H groups in total. The average Bonchev–Trinajstić information content (AvgIpc) is 2.55. The molecule has 0 aliphatic carbocycles. The van der Waals surface area contributed by atoms with E-state index in [4.69, 9.17) is 10.5 Å². The third-order valence-electron chi connectivity index (χ3n) is 3.15. The number of aromatic amines is 1. The van der Waals surface area contributed by atoms with Crippen LogP contribution in [0.1, 0.15) is 0 Å². The number of nitrogens with one attached hydrogen (secondary N) is 1. The molecule has 1 aromatic carbocycles. The molecule has 0 aliphatic rings. The Kier molecular flexibility index (Phi) is 3.57. The molecule has 2 aromatic heterocycles. The Morgan fingerprint density at radius 3 is 2.73 bits per heavy atom. The molecule has 0 spiro atoms. The zero-order valence-corrected chi connectivity index (χ0v) is 11.9. The van der Waals surface area contributed by atoms with Crippen LogP contribution in [-0.4, -0.2) is 22.1 Å². The molecule has 6 nitrogen and oxygen atoms in total. The van der Waals surface area contributed by atoms with Crippen LogP contribution in [0.15, 0.2) is 53.5 Å². The maximum atomic E-state index is 11.9. The second-order valence-corrected chi connectivity index (χ2v) is 4.65. The van der Waals surface area contributed by atoms with Crippen molar-refractivity contribution in [2.45, 2.75) is 0 Å². The van der Waals surface area contributed by atoms with Crippen LogP contribution in [0, 0.1) is 0 Å². The smallest absolute Gasteiger partial charge is 0.251 e. The predicted molar refractivity (Wildman–Crippen MR) is 84.5 cm³/mol. The van der Waals surface area contributed by atoms with Crippen molar-refractivity contribution in [1.82, 2.24) is 15.0 Å². The predicted octanol–water partition coefficient (Wildman–Crippen LogP) is 2.09. The maximum absolute atomic E-state index is 11.9. The summed E-state index contributed by atoms with van der Waals surface area (Å²) >= 11 is 0. The van der Waals surface area contributed by atoms with Gasteiger partial charge in [-0.2, -0.15) is 0 Å². The number of methoxy groups -OCH3 is 1. The summed E-state index contributed by atoms with van der Waals surface area (Å²) in [5, 5.41) is 0. The SMILES string of the molecule is COc1ccc(N)cc1-c1cc(=O)[nH]c(-c2ccccn2)n1. The number of hydrogen-bond donors (Lipinski definition) is 2. The van der Waals surface area contributed by atoms with Crippen molar-refractivity contribution < 1.29 is 4.74 Å². The largest absolute Gasteiger partial charge is 0.496 e. The van der Waals surface area contributed by atoms with Gasteiger partial charge >= 0.3 is 0 Å². The fourth-order valence-electron chi connectivity index (χ4n) is 2.15. The highest BCUT2D eigenvalue weighted by molar-refractivity contribution is 5.72. The first-order valence-electron chi connectivity index (χ1n) is 6.64. The molecule has 0 atom stereocenters. The first-order valence-corrected chi connectivity index (χ1v) is 6.64. The highest BCUT2D eigenvalue weighted by Gasteiger charge is 2.11. The molecular weight excluding hydrogens is 280 g/mol. The highest BCUT2D eigenvalue weighted by atomic mass is 16.5. The number of anilines is 1. The molecule has 3 rings (SSSR count). The Balaban J connectivity index is 2.19. The van der Waals surface area contributed by atoms with E-state index in [1.54, 1.807) is 43.6 Å². The van der Waals surface area contributed by atoms with Crippen molar-refractivity contribution in [3.8, 4) is 28.5 Å². The van der Waals surface area contributed by atoms with Gasteiger partial charge in [-0.25, -0.2) is 4.98 Å². The van der Waals surface area contributed by atoms with Crippen LogP contribution in [-0.2, 0) is 0 Å². The van der Waals surface area contributed by atoms with Crippen molar-refractivity contribution in [2.24, 2.45) is 0 Å². The normalized spacial score (nSPS) is 10.4. The molecule has 0 aliphatic heterocycles. The van der Waals surface area contributed by atoms with Crippen LogP contribution < -0.4 is 16.0 Å². The Bertz CT molecular complexity index is 860. The summed E-state index contributed by atoms with van der Waals surface area (Å²) in [4.78, 5) is 23.3. The number of rotatable bonds is 3. The Labute approximate surface area is 126 Å².